The molecule has 3 nitrogen and oxygen atoms in total. The SMILES string of the molecule is C=CCc1nc(=S)[nH]c(=S)[nH]1. The van der Waals surface area contributed by atoms with E-state index in [-0.39, 0.29) is 0 Å². The fourth-order valence-electron chi connectivity index (χ4n) is 0.671. The Hall–Kier alpha value is -0.810. The number of nitrogens with one attached hydrogen (secondary N) is 2. The molecule has 0 spiro atoms. The minimum Gasteiger partial charge on any atom is -0.320 e. The van der Waals surface area contributed by atoms with Gasteiger partial charge in [-0.25, -0.2) is 4.98 Å². The standard InChI is InChI=1S/C6H7N3S2/c1-2-3-4-7-5(10)9-6(11)8-4/h2H,1,3H2,(H2,7,8,9,10,11). The Morgan fingerprint density at radius 1 is 1.45 bits per heavy atom. The maximum Gasteiger partial charge on any atom is 0.200 e. The summed E-state index contributed by atoms with van der Waals surface area (Å²) in [4.78, 5) is 9.55. The highest BCUT2D eigenvalue weighted by molar-refractivity contribution is 7.71. The van der Waals surface area contributed by atoms with E-state index in [1.807, 2.05) is 0 Å². The Labute approximate surface area is 74.2 Å². The van der Waals surface area contributed by atoms with Gasteiger partial charge in [0.15, 0.2) is 4.77 Å². The van der Waals surface area contributed by atoms with E-state index >= 15 is 0 Å². The van der Waals surface area contributed by atoms with Crippen LogP contribution in [0.15, 0.2) is 12.7 Å². The van der Waals surface area contributed by atoms with Crippen LogP contribution in [0.5, 0.6) is 0 Å². The average molecular weight is 185 g/mol. The van der Waals surface area contributed by atoms with E-state index < -0.39 is 0 Å². The lowest BCUT2D eigenvalue weighted by Gasteiger charge is -1.93. The van der Waals surface area contributed by atoms with Gasteiger partial charge in [0.2, 0.25) is 4.77 Å². The van der Waals surface area contributed by atoms with Crippen LogP contribution in [0.25, 0.3) is 0 Å². The second-order valence-electron chi connectivity index (χ2n) is 1.94. The first kappa shape index (κ1) is 8.29. The normalized spacial score (nSPS) is 9.45. The summed E-state index contributed by atoms with van der Waals surface area (Å²) in [5.74, 6) is 0.744. The monoisotopic (exact) mass is 185 g/mol. The zero-order valence-electron chi connectivity index (χ0n) is 5.76. The van der Waals surface area contributed by atoms with Crippen molar-refractivity contribution in [3.8, 4) is 0 Å². The quantitative estimate of drug-likeness (QED) is 0.546. The summed E-state index contributed by atoms with van der Waals surface area (Å²) in [5.41, 5.74) is 0. The molecule has 1 aromatic rings. The number of H-pyrrole nitrogens is 2. The van der Waals surface area contributed by atoms with Crippen molar-refractivity contribution in [2.45, 2.75) is 6.42 Å². The molecule has 0 amide bonds. The maximum atomic E-state index is 4.85. The van der Waals surface area contributed by atoms with Gasteiger partial charge < -0.3 is 9.97 Å². The molecule has 5 heteroatoms. The summed E-state index contributed by atoms with van der Waals surface area (Å²) in [6.07, 6.45) is 2.39. The van der Waals surface area contributed by atoms with E-state index in [9.17, 15) is 0 Å². The Balaban J connectivity index is 3.18. The maximum absolute atomic E-state index is 4.85. The molecule has 0 aromatic carbocycles. The molecule has 58 valence electrons. The third-order valence-electron chi connectivity index (χ3n) is 1.05. The van der Waals surface area contributed by atoms with Crippen LogP contribution in [-0.4, -0.2) is 15.0 Å². The number of hydrogen-bond acceptors (Lipinski definition) is 3. The van der Waals surface area contributed by atoms with Crippen molar-refractivity contribution in [2.24, 2.45) is 0 Å². The predicted octanol–water partition coefficient (Wildman–Crippen LogP) is 1.93. The van der Waals surface area contributed by atoms with Gasteiger partial charge in [-0.1, -0.05) is 6.08 Å². The van der Waals surface area contributed by atoms with Gasteiger partial charge in [0, 0.05) is 6.42 Å². The molecular formula is C6H7N3S2. The highest BCUT2D eigenvalue weighted by Gasteiger charge is 1.89. The first-order valence-corrected chi connectivity index (χ1v) is 3.84. The number of aromatic nitrogens is 3. The topological polar surface area (TPSA) is 44.5 Å². The van der Waals surface area contributed by atoms with Crippen LogP contribution < -0.4 is 0 Å². The molecule has 0 unspecified atom stereocenters. The second kappa shape index (κ2) is 3.54. The highest BCUT2D eigenvalue weighted by Crippen LogP contribution is 1.90. The summed E-state index contributed by atoms with van der Waals surface area (Å²) in [7, 11) is 0. The van der Waals surface area contributed by atoms with Gasteiger partial charge in [0.25, 0.3) is 0 Å². The molecule has 0 aliphatic carbocycles. The van der Waals surface area contributed by atoms with Gasteiger partial charge >= 0.3 is 0 Å². The molecular weight excluding hydrogens is 178 g/mol. The smallest absolute Gasteiger partial charge is 0.200 e. The van der Waals surface area contributed by atoms with Crippen LogP contribution >= 0.6 is 24.4 Å². The molecule has 1 aromatic heterocycles. The fraction of sp³-hybridized carbons (Fsp3) is 0.167. The number of rotatable bonds is 2. The van der Waals surface area contributed by atoms with Crippen molar-refractivity contribution >= 4 is 24.4 Å². The Bertz CT molecular complexity index is 334. The lowest BCUT2D eigenvalue weighted by atomic mass is 10.4. The van der Waals surface area contributed by atoms with Crippen LogP contribution in [0.4, 0.5) is 0 Å². The number of allylic oxidation sites excluding steroid dienone is 1. The van der Waals surface area contributed by atoms with Gasteiger partial charge in [-0.3, -0.25) is 0 Å². The molecule has 2 N–H and O–H groups in total. The van der Waals surface area contributed by atoms with Crippen molar-refractivity contribution in [1.82, 2.24) is 15.0 Å². The third kappa shape index (κ3) is 2.36. The first-order chi connectivity index (χ1) is 5.22. The van der Waals surface area contributed by atoms with E-state index in [4.69, 9.17) is 24.4 Å². The molecule has 0 fully saturated rings. The summed E-state index contributed by atoms with van der Waals surface area (Å²) >= 11 is 9.66. The molecule has 0 aliphatic rings. The molecule has 1 rings (SSSR count). The van der Waals surface area contributed by atoms with E-state index in [0.717, 1.165) is 5.82 Å². The van der Waals surface area contributed by atoms with E-state index in [1.54, 1.807) is 6.08 Å². The Kier molecular flexibility index (Phi) is 2.67. The van der Waals surface area contributed by atoms with Crippen LogP contribution in [0, 0.1) is 9.54 Å². The molecule has 0 atom stereocenters. The molecule has 0 aliphatic heterocycles. The predicted molar refractivity (Wildman–Crippen MR) is 48.5 cm³/mol. The van der Waals surface area contributed by atoms with Gasteiger partial charge in [0.1, 0.15) is 5.82 Å². The minimum atomic E-state index is 0.408. The van der Waals surface area contributed by atoms with Gasteiger partial charge in [-0.15, -0.1) is 6.58 Å². The van der Waals surface area contributed by atoms with Crippen LogP contribution in [-0.2, 0) is 6.42 Å². The lowest BCUT2D eigenvalue weighted by Crippen LogP contribution is -1.95. The largest absolute Gasteiger partial charge is 0.320 e. The Morgan fingerprint density at radius 3 is 2.73 bits per heavy atom. The molecule has 0 saturated heterocycles. The summed E-state index contributed by atoms with van der Waals surface area (Å²) in [6, 6.07) is 0. The summed E-state index contributed by atoms with van der Waals surface area (Å²) in [5, 5.41) is 0. The third-order valence-corrected chi connectivity index (χ3v) is 1.45. The minimum absolute atomic E-state index is 0.408. The zero-order chi connectivity index (χ0) is 8.27. The first-order valence-electron chi connectivity index (χ1n) is 3.03. The molecule has 0 saturated carbocycles. The van der Waals surface area contributed by atoms with E-state index in [0.29, 0.717) is 16.0 Å². The van der Waals surface area contributed by atoms with Gasteiger partial charge in [-0.05, 0) is 24.4 Å². The number of aromatic amines is 2. The van der Waals surface area contributed by atoms with Crippen molar-refractivity contribution in [2.75, 3.05) is 0 Å². The zero-order valence-corrected chi connectivity index (χ0v) is 7.39. The summed E-state index contributed by atoms with van der Waals surface area (Å²) in [6.45, 7) is 3.58. The van der Waals surface area contributed by atoms with Crippen molar-refractivity contribution in [3.63, 3.8) is 0 Å². The van der Waals surface area contributed by atoms with Crippen molar-refractivity contribution in [3.05, 3.63) is 28.0 Å². The summed E-state index contributed by atoms with van der Waals surface area (Å²) < 4.78 is 0.910. The number of nitrogens with zero attached hydrogens (tertiary/aromatic N) is 1. The van der Waals surface area contributed by atoms with Gasteiger partial charge in [0.05, 0.1) is 0 Å². The average Bonchev–Trinajstić information content (AvgIpc) is 1.85. The molecule has 11 heavy (non-hydrogen) atoms. The van der Waals surface area contributed by atoms with Crippen molar-refractivity contribution < 1.29 is 0 Å². The molecule has 0 radical (unpaired) electrons. The number of hydrogen-bond donors (Lipinski definition) is 2. The van der Waals surface area contributed by atoms with Crippen LogP contribution in [0.1, 0.15) is 5.82 Å². The van der Waals surface area contributed by atoms with E-state index in [2.05, 4.69) is 21.5 Å². The molecule has 0 bridgehead atoms. The second-order valence-corrected chi connectivity index (χ2v) is 2.73. The van der Waals surface area contributed by atoms with Crippen LogP contribution in [0.3, 0.4) is 0 Å². The Morgan fingerprint density at radius 2 is 2.18 bits per heavy atom. The fourth-order valence-corrected chi connectivity index (χ4v) is 1.16. The lowest BCUT2D eigenvalue weighted by molar-refractivity contribution is 0.904. The van der Waals surface area contributed by atoms with Gasteiger partial charge in [-0.2, -0.15) is 0 Å². The van der Waals surface area contributed by atoms with E-state index in [1.165, 1.54) is 0 Å². The highest BCUT2D eigenvalue weighted by atomic mass is 32.1. The molecule has 1 heterocycles. The van der Waals surface area contributed by atoms with Crippen molar-refractivity contribution in [1.29, 1.82) is 0 Å². The van der Waals surface area contributed by atoms with Crippen LogP contribution in [0.2, 0.25) is 0 Å².